The van der Waals surface area contributed by atoms with Gasteiger partial charge in [0.25, 0.3) is 0 Å². The Hall–Kier alpha value is -1.33. The van der Waals surface area contributed by atoms with Crippen molar-refractivity contribution in [1.29, 1.82) is 0 Å². The monoisotopic (exact) mass is 788 g/mol. The fourth-order valence-corrected chi connectivity index (χ4v) is 7.49. The van der Waals surface area contributed by atoms with Crippen LogP contribution in [0.3, 0.4) is 0 Å². The van der Waals surface area contributed by atoms with Crippen LogP contribution in [0.2, 0.25) is 0 Å². The number of hydrogen-bond acceptors (Lipinski definition) is 21. The highest BCUT2D eigenvalue weighted by atomic mass is 16.6. The van der Waals surface area contributed by atoms with E-state index in [1.807, 2.05) is 0 Å². The zero-order valence-electron chi connectivity index (χ0n) is 30.1. The van der Waals surface area contributed by atoms with Gasteiger partial charge in [-0.1, -0.05) is 0 Å². The predicted molar refractivity (Wildman–Crippen MR) is 180 cm³/mol. The molecule has 4 rings (SSSR count). The fraction of sp³-hybridized carbons (Fsp3) is 0.969. The summed E-state index contributed by atoms with van der Waals surface area (Å²) in [6.07, 6.45) is -14.8. The third-order valence-electron chi connectivity index (χ3n) is 10.8. The first-order valence-electron chi connectivity index (χ1n) is 18.1. The van der Waals surface area contributed by atoms with Crippen molar-refractivity contribution in [2.45, 2.75) is 111 Å². The average Bonchev–Trinajstić information content (AvgIpc) is 3.15. The summed E-state index contributed by atoms with van der Waals surface area (Å²) in [5, 5.41) is 105. The molecule has 1 amide bonds. The van der Waals surface area contributed by atoms with Crippen LogP contribution in [0.15, 0.2) is 0 Å². The van der Waals surface area contributed by atoms with Crippen molar-refractivity contribution in [3.63, 3.8) is 0 Å². The third-order valence-corrected chi connectivity index (χ3v) is 10.8. The van der Waals surface area contributed by atoms with Gasteiger partial charge in [0.1, 0.15) is 24.4 Å². The molecule has 0 aliphatic carbocycles. The normalized spacial score (nSPS) is 46.0. The second-order valence-corrected chi connectivity index (χ2v) is 14.4. The zero-order chi connectivity index (χ0) is 39.9. The molecular formula is C32H60N4O18. The maximum Gasteiger partial charge on any atom is 0.217 e. The van der Waals surface area contributed by atoms with E-state index in [1.54, 1.807) is 0 Å². The van der Waals surface area contributed by atoms with Crippen LogP contribution in [-0.4, -0.2) is 227 Å². The van der Waals surface area contributed by atoms with Gasteiger partial charge in [-0.15, -0.1) is 0 Å². The molecule has 0 aromatic heterocycles. The Morgan fingerprint density at radius 2 is 0.889 bits per heavy atom. The molecule has 316 valence electrons. The van der Waals surface area contributed by atoms with Crippen LogP contribution in [0.1, 0.15) is 6.92 Å². The first kappa shape index (κ1) is 45.4. The van der Waals surface area contributed by atoms with E-state index in [0.29, 0.717) is 0 Å². The number of amides is 1. The summed E-state index contributed by atoms with van der Waals surface area (Å²) in [6.45, 7) is -2.07. The molecule has 8 unspecified atom stereocenters. The van der Waals surface area contributed by atoms with E-state index in [0.717, 1.165) is 0 Å². The summed E-state index contributed by atoms with van der Waals surface area (Å²) in [5.41, 5.74) is 18.1. The van der Waals surface area contributed by atoms with Crippen LogP contribution in [-0.2, 0) is 38.0 Å². The van der Waals surface area contributed by atoms with E-state index >= 15 is 0 Å². The smallest absolute Gasteiger partial charge is 0.217 e. The van der Waals surface area contributed by atoms with Gasteiger partial charge in [-0.05, 0) is 0 Å². The minimum Gasteiger partial charge on any atom is -0.394 e. The van der Waals surface area contributed by atoms with E-state index in [1.165, 1.54) is 6.92 Å². The number of rotatable bonds is 17. The molecule has 4 saturated heterocycles. The third kappa shape index (κ3) is 10.6. The zero-order valence-corrected chi connectivity index (χ0v) is 30.1. The van der Waals surface area contributed by atoms with Crippen LogP contribution >= 0.6 is 0 Å². The van der Waals surface area contributed by atoms with Gasteiger partial charge in [0.05, 0.1) is 139 Å². The number of aliphatic hydroxyl groups is 10. The highest BCUT2D eigenvalue weighted by Gasteiger charge is 2.48. The second-order valence-electron chi connectivity index (χ2n) is 14.4. The lowest BCUT2D eigenvalue weighted by Gasteiger charge is -2.46. The molecule has 0 aromatic carbocycles. The lowest BCUT2D eigenvalue weighted by Crippen LogP contribution is -2.64. The molecule has 0 saturated carbocycles. The Morgan fingerprint density at radius 1 is 0.500 bits per heavy atom. The summed E-state index contributed by atoms with van der Waals surface area (Å²) in [7, 11) is 0. The largest absolute Gasteiger partial charge is 0.394 e. The molecule has 4 heterocycles. The summed E-state index contributed by atoms with van der Waals surface area (Å²) < 4.78 is 40.2. The van der Waals surface area contributed by atoms with Crippen molar-refractivity contribution in [2.75, 3.05) is 66.1 Å². The van der Waals surface area contributed by atoms with Crippen molar-refractivity contribution in [1.82, 2.24) is 5.32 Å². The Morgan fingerprint density at radius 3 is 1.37 bits per heavy atom. The van der Waals surface area contributed by atoms with E-state index < -0.39 is 154 Å². The second kappa shape index (κ2) is 20.9. The van der Waals surface area contributed by atoms with Gasteiger partial charge in [0.15, 0.2) is 6.29 Å². The fourth-order valence-electron chi connectivity index (χ4n) is 7.49. The van der Waals surface area contributed by atoms with Crippen LogP contribution in [0, 0.1) is 17.8 Å². The number of nitrogens with one attached hydrogen (secondary N) is 1. The quantitative estimate of drug-likeness (QED) is 0.0650. The topological polar surface area (TPSA) is 374 Å². The van der Waals surface area contributed by atoms with Crippen molar-refractivity contribution in [3.8, 4) is 0 Å². The highest BCUT2D eigenvalue weighted by molar-refractivity contribution is 5.73. The SMILES string of the molecule is CC(=O)NC1[C@H](COC[C@H]2C(CO)O[C@@H](O)C(N)[C@H]2O)OC(CO)[C@H](COC[C@@H]2OC(CO)[C@H](COC[C@@H]3OC(CO)[C@H](O)[C@H](O)C3N)[C@H](O)C2N)[C@@H]1O. The Balaban J connectivity index is 1.30. The molecule has 0 radical (unpaired) electrons. The van der Waals surface area contributed by atoms with Crippen molar-refractivity contribution in [3.05, 3.63) is 0 Å². The first-order chi connectivity index (χ1) is 25.7. The molecule has 54 heavy (non-hydrogen) atoms. The summed E-state index contributed by atoms with van der Waals surface area (Å²) in [4.78, 5) is 12.1. The maximum absolute atomic E-state index is 12.1. The van der Waals surface area contributed by atoms with Crippen LogP contribution in [0.5, 0.6) is 0 Å². The number of aliphatic hydroxyl groups excluding tert-OH is 10. The molecule has 4 aliphatic heterocycles. The molecule has 0 aromatic rings. The lowest BCUT2D eigenvalue weighted by molar-refractivity contribution is -0.243. The number of carbonyl (C=O) groups is 1. The van der Waals surface area contributed by atoms with Crippen LogP contribution < -0.4 is 22.5 Å². The van der Waals surface area contributed by atoms with E-state index in [-0.39, 0.29) is 39.6 Å². The summed E-state index contributed by atoms with van der Waals surface area (Å²) in [6, 6.07) is -4.22. The molecule has 4 aliphatic rings. The van der Waals surface area contributed by atoms with Gasteiger partial charge < -0.3 is 107 Å². The standard InChI is InChI=1S/C32H60N4O18/c1-12(41)36-26-22(11-50-7-14-18(4-39)54-32(47)25(35)28(14)43)52-17(3-38)15(29(26)44)8-49-9-20-23(33)27(42)13(16(2-37)51-20)6-48-10-21-24(34)31(46)30(45)19(5-40)53-21/h13-32,37-40,42-47H,2-11,33-35H2,1H3,(H,36,41)/t13-,14-,15-,16?,17?,18?,19?,20-,21-,22-,23?,24?,25?,26?,27-,28-,29-,30-,31+,32+/m0/s1. The number of carbonyl (C=O) groups excluding carboxylic acids is 1. The Kier molecular flexibility index (Phi) is 17.6. The highest BCUT2D eigenvalue weighted by Crippen LogP contribution is 2.31. The van der Waals surface area contributed by atoms with Crippen LogP contribution in [0.25, 0.3) is 0 Å². The average molecular weight is 789 g/mol. The minimum atomic E-state index is -1.48. The predicted octanol–water partition coefficient (Wildman–Crippen LogP) is -8.84. The van der Waals surface area contributed by atoms with Gasteiger partial charge in [-0.3, -0.25) is 4.79 Å². The molecule has 20 atom stereocenters. The summed E-state index contributed by atoms with van der Waals surface area (Å²) >= 11 is 0. The number of nitrogens with two attached hydrogens (primary N) is 3. The minimum absolute atomic E-state index is 0.157. The van der Waals surface area contributed by atoms with Crippen molar-refractivity contribution in [2.24, 2.45) is 35.0 Å². The molecule has 22 heteroatoms. The van der Waals surface area contributed by atoms with Gasteiger partial charge in [-0.2, -0.15) is 0 Å². The molecule has 4 fully saturated rings. The van der Waals surface area contributed by atoms with E-state index in [9.17, 15) is 55.9 Å². The Bertz CT molecular complexity index is 1130. The van der Waals surface area contributed by atoms with Gasteiger partial charge in [0, 0.05) is 24.7 Å². The van der Waals surface area contributed by atoms with E-state index in [2.05, 4.69) is 5.32 Å². The molecule has 0 spiro atoms. The molecular weight excluding hydrogens is 728 g/mol. The summed E-state index contributed by atoms with van der Waals surface area (Å²) in [5.74, 6) is -3.00. The Labute approximate surface area is 311 Å². The molecule has 17 N–H and O–H groups in total. The van der Waals surface area contributed by atoms with E-state index in [4.69, 9.17) is 50.4 Å². The molecule has 0 bridgehead atoms. The lowest BCUT2D eigenvalue weighted by atomic mass is 9.85. The molecule has 22 nitrogen and oxygen atoms in total. The number of ether oxygens (including phenoxy) is 7. The van der Waals surface area contributed by atoms with Crippen LogP contribution in [0.4, 0.5) is 0 Å². The van der Waals surface area contributed by atoms with Crippen molar-refractivity contribution < 1.29 is 89.0 Å². The van der Waals surface area contributed by atoms with Gasteiger partial charge in [-0.25, -0.2) is 0 Å². The van der Waals surface area contributed by atoms with Gasteiger partial charge in [0.2, 0.25) is 5.91 Å². The number of hydrogen-bond donors (Lipinski definition) is 14. The van der Waals surface area contributed by atoms with Crippen molar-refractivity contribution >= 4 is 5.91 Å². The first-order valence-corrected chi connectivity index (χ1v) is 18.1. The maximum atomic E-state index is 12.1. The van der Waals surface area contributed by atoms with Gasteiger partial charge >= 0.3 is 0 Å².